The molecule has 1 saturated carbocycles. The molecular formula is C20H28N2O2. The van der Waals surface area contributed by atoms with E-state index in [0.717, 1.165) is 48.7 Å². The summed E-state index contributed by atoms with van der Waals surface area (Å²) in [6, 6.07) is 5.94. The zero-order valence-electron chi connectivity index (χ0n) is 14.6. The fourth-order valence-corrected chi connectivity index (χ4v) is 3.98. The predicted molar refractivity (Wildman–Crippen MR) is 97.2 cm³/mol. The Morgan fingerprint density at radius 1 is 1.21 bits per heavy atom. The molecule has 130 valence electrons. The van der Waals surface area contributed by atoms with Crippen molar-refractivity contribution >= 4 is 23.2 Å². The lowest BCUT2D eigenvalue weighted by molar-refractivity contribution is -0.118. The highest BCUT2D eigenvalue weighted by Gasteiger charge is 2.22. The Morgan fingerprint density at radius 2 is 2.00 bits per heavy atom. The van der Waals surface area contributed by atoms with Crippen molar-refractivity contribution in [3.63, 3.8) is 0 Å². The van der Waals surface area contributed by atoms with Gasteiger partial charge in [0.1, 0.15) is 0 Å². The molecule has 1 aliphatic carbocycles. The summed E-state index contributed by atoms with van der Waals surface area (Å²) in [5, 5.41) is 3.03. The van der Waals surface area contributed by atoms with Gasteiger partial charge in [-0.2, -0.15) is 0 Å². The quantitative estimate of drug-likeness (QED) is 0.877. The number of nitrogens with zero attached hydrogens (tertiary/aromatic N) is 1. The SMILES string of the molecule is CCC(=O)N1CCCc2cc(NC(=O)CCC3CCCC3)ccc21. The normalized spacial score (nSPS) is 17.6. The second-order valence-corrected chi connectivity index (χ2v) is 7.08. The summed E-state index contributed by atoms with van der Waals surface area (Å²) in [4.78, 5) is 26.1. The van der Waals surface area contributed by atoms with Gasteiger partial charge in [-0.15, -0.1) is 0 Å². The van der Waals surface area contributed by atoms with Crippen LogP contribution in [0.2, 0.25) is 0 Å². The van der Waals surface area contributed by atoms with Gasteiger partial charge in [0, 0.05) is 30.8 Å². The summed E-state index contributed by atoms with van der Waals surface area (Å²) >= 11 is 0. The van der Waals surface area contributed by atoms with Crippen LogP contribution in [0.4, 0.5) is 11.4 Å². The molecule has 0 atom stereocenters. The van der Waals surface area contributed by atoms with Crippen LogP contribution < -0.4 is 10.2 Å². The van der Waals surface area contributed by atoms with Crippen molar-refractivity contribution in [3.8, 4) is 0 Å². The van der Waals surface area contributed by atoms with Crippen molar-refractivity contribution in [3.05, 3.63) is 23.8 Å². The number of fused-ring (bicyclic) bond motifs is 1. The molecule has 1 fully saturated rings. The number of carbonyl (C=O) groups is 2. The van der Waals surface area contributed by atoms with Crippen LogP contribution in [-0.4, -0.2) is 18.4 Å². The monoisotopic (exact) mass is 328 g/mol. The first kappa shape index (κ1) is 17.0. The van der Waals surface area contributed by atoms with Gasteiger partial charge in [-0.25, -0.2) is 0 Å². The lowest BCUT2D eigenvalue weighted by atomic mass is 10.00. The summed E-state index contributed by atoms with van der Waals surface area (Å²) < 4.78 is 0. The molecule has 1 aromatic carbocycles. The number of aryl methyl sites for hydroxylation is 1. The van der Waals surface area contributed by atoms with E-state index in [-0.39, 0.29) is 11.8 Å². The summed E-state index contributed by atoms with van der Waals surface area (Å²) in [5.41, 5.74) is 3.03. The van der Waals surface area contributed by atoms with Crippen LogP contribution in [0.3, 0.4) is 0 Å². The standard InChI is InChI=1S/C20H28N2O2/c1-2-20(24)22-13-5-8-16-14-17(10-11-18(16)22)21-19(23)12-9-15-6-3-4-7-15/h10-11,14-15H,2-9,12-13H2,1H3,(H,21,23). The minimum Gasteiger partial charge on any atom is -0.326 e. The van der Waals surface area contributed by atoms with Crippen LogP contribution in [0, 0.1) is 5.92 Å². The average molecular weight is 328 g/mol. The number of hydrogen-bond donors (Lipinski definition) is 1. The van der Waals surface area contributed by atoms with Crippen LogP contribution in [0.1, 0.15) is 63.9 Å². The van der Waals surface area contributed by atoms with E-state index in [2.05, 4.69) is 5.32 Å². The number of benzene rings is 1. The van der Waals surface area contributed by atoms with Crippen LogP contribution in [0.5, 0.6) is 0 Å². The number of anilines is 2. The third kappa shape index (κ3) is 3.97. The van der Waals surface area contributed by atoms with Crippen molar-refractivity contribution < 1.29 is 9.59 Å². The van der Waals surface area contributed by atoms with E-state index in [0.29, 0.717) is 12.8 Å². The maximum Gasteiger partial charge on any atom is 0.226 e. The zero-order chi connectivity index (χ0) is 16.9. The zero-order valence-corrected chi connectivity index (χ0v) is 14.6. The lowest BCUT2D eigenvalue weighted by Crippen LogP contribution is -2.34. The van der Waals surface area contributed by atoms with Gasteiger partial charge in [0.05, 0.1) is 0 Å². The van der Waals surface area contributed by atoms with Crippen molar-refractivity contribution in [1.82, 2.24) is 0 Å². The molecule has 1 aromatic rings. The van der Waals surface area contributed by atoms with Gasteiger partial charge in [-0.1, -0.05) is 32.6 Å². The molecule has 4 heteroatoms. The highest BCUT2D eigenvalue weighted by Crippen LogP contribution is 2.31. The van der Waals surface area contributed by atoms with Gasteiger partial charge >= 0.3 is 0 Å². The number of nitrogens with one attached hydrogen (secondary N) is 1. The first-order chi connectivity index (χ1) is 11.7. The van der Waals surface area contributed by atoms with Crippen molar-refractivity contribution in [2.75, 3.05) is 16.8 Å². The Kier molecular flexibility index (Phi) is 5.54. The molecule has 1 heterocycles. The molecule has 2 amide bonds. The van der Waals surface area contributed by atoms with Crippen molar-refractivity contribution in [2.45, 2.75) is 64.7 Å². The molecule has 1 aliphatic heterocycles. The highest BCUT2D eigenvalue weighted by atomic mass is 16.2. The molecule has 24 heavy (non-hydrogen) atoms. The average Bonchev–Trinajstić information content (AvgIpc) is 3.12. The molecule has 0 unspecified atom stereocenters. The molecule has 1 N–H and O–H groups in total. The fourth-order valence-electron chi connectivity index (χ4n) is 3.98. The van der Waals surface area contributed by atoms with Crippen LogP contribution in [0.15, 0.2) is 18.2 Å². The Balaban J connectivity index is 1.61. The lowest BCUT2D eigenvalue weighted by Gasteiger charge is -2.29. The highest BCUT2D eigenvalue weighted by molar-refractivity contribution is 5.95. The minimum atomic E-state index is 0.110. The second kappa shape index (κ2) is 7.82. The third-order valence-electron chi connectivity index (χ3n) is 5.34. The molecular weight excluding hydrogens is 300 g/mol. The molecule has 0 saturated heterocycles. The Bertz CT molecular complexity index is 606. The molecule has 3 rings (SSSR count). The van der Waals surface area contributed by atoms with Gasteiger partial charge in [0.15, 0.2) is 0 Å². The van der Waals surface area contributed by atoms with Crippen molar-refractivity contribution in [1.29, 1.82) is 0 Å². The third-order valence-corrected chi connectivity index (χ3v) is 5.34. The van der Waals surface area contributed by atoms with E-state index >= 15 is 0 Å². The summed E-state index contributed by atoms with van der Waals surface area (Å²) in [6.45, 7) is 2.70. The molecule has 0 aromatic heterocycles. The number of carbonyl (C=O) groups excluding carboxylic acids is 2. The minimum absolute atomic E-state index is 0.110. The van der Waals surface area contributed by atoms with Gasteiger partial charge < -0.3 is 10.2 Å². The van der Waals surface area contributed by atoms with E-state index in [1.165, 1.54) is 25.7 Å². The van der Waals surface area contributed by atoms with E-state index in [1.807, 2.05) is 30.0 Å². The molecule has 0 bridgehead atoms. The second-order valence-electron chi connectivity index (χ2n) is 7.08. The van der Waals surface area contributed by atoms with Gasteiger partial charge in [-0.05, 0) is 48.9 Å². The van der Waals surface area contributed by atoms with Gasteiger partial charge in [-0.3, -0.25) is 9.59 Å². The maximum atomic E-state index is 12.2. The largest absolute Gasteiger partial charge is 0.326 e. The topological polar surface area (TPSA) is 49.4 Å². The van der Waals surface area contributed by atoms with E-state index in [4.69, 9.17) is 0 Å². The maximum absolute atomic E-state index is 12.2. The Hall–Kier alpha value is -1.84. The van der Waals surface area contributed by atoms with Crippen LogP contribution >= 0.6 is 0 Å². The number of amides is 2. The first-order valence-corrected chi connectivity index (χ1v) is 9.40. The van der Waals surface area contributed by atoms with Gasteiger partial charge in [0.2, 0.25) is 11.8 Å². The summed E-state index contributed by atoms with van der Waals surface area (Å²) in [7, 11) is 0. The Morgan fingerprint density at radius 3 is 2.75 bits per heavy atom. The van der Waals surface area contributed by atoms with E-state index in [1.54, 1.807) is 0 Å². The van der Waals surface area contributed by atoms with E-state index in [9.17, 15) is 9.59 Å². The van der Waals surface area contributed by atoms with Crippen LogP contribution in [-0.2, 0) is 16.0 Å². The molecule has 0 spiro atoms. The molecule has 4 nitrogen and oxygen atoms in total. The summed E-state index contributed by atoms with van der Waals surface area (Å²) in [5.74, 6) is 1.02. The van der Waals surface area contributed by atoms with E-state index < -0.39 is 0 Å². The number of hydrogen-bond acceptors (Lipinski definition) is 2. The number of rotatable bonds is 5. The first-order valence-electron chi connectivity index (χ1n) is 9.40. The smallest absolute Gasteiger partial charge is 0.226 e. The Labute approximate surface area is 144 Å². The predicted octanol–water partition coefficient (Wildman–Crippen LogP) is 4.28. The van der Waals surface area contributed by atoms with Crippen molar-refractivity contribution in [2.24, 2.45) is 5.92 Å². The van der Waals surface area contributed by atoms with Gasteiger partial charge in [0.25, 0.3) is 0 Å². The summed E-state index contributed by atoms with van der Waals surface area (Å²) in [6.07, 6.45) is 9.32. The molecule has 2 aliphatic rings. The fraction of sp³-hybridized carbons (Fsp3) is 0.600. The molecule has 0 radical (unpaired) electrons. The van der Waals surface area contributed by atoms with Crippen LogP contribution in [0.25, 0.3) is 0 Å².